The summed E-state index contributed by atoms with van der Waals surface area (Å²) in [5.74, 6) is 0.943. The van der Waals surface area contributed by atoms with Crippen LogP contribution >= 0.6 is 0 Å². The summed E-state index contributed by atoms with van der Waals surface area (Å²) in [6.07, 6.45) is -3.33. The number of hydrogen-bond acceptors (Lipinski definition) is 3. The number of furan rings is 1. The van der Waals surface area contributed by atoms with Gasteiger partial charge in [0.05, 0.1) is 33.1 Å². The maximum atomic E-state index is 14.3. The van der Waals surface area contributed by atoms with E-state index >= 15 is 0 Å². The van der Waals surface area contributed by atoms with Gasteiger partial charge in [-0.15, -0.1) is 0 Å². The summed E-state index contributed by atoms with van der Waals surface area (Å²) in [7, 11) is 0. The number of alkyl halides is 3. The van der Waals surface area contributed by atoms with E-state index in [-0.39, 0.29) is 16.6 Å². The predicted molar refractivity (Wildman–Crippen MR) is 263 cm³/mol. The zero-order valence-electron chi connectivity index (χ0n) is 37.3. The van der Waals surface area contributed by atoms with Gasteiger partial charge >= 0.3 is 6.18 Å². The third-order valence-electron chi connectivity index (χ3n) is 13.2. The van der Waals surface area contributed by atoms with Crippen molar-refractivity contribution in [2.75, 3.05) is 0 Å². The number of halogens is 3. The SMILES string of the molecule is CC(C)(C)c1cccc(-n2c(-c3cccc4c3[nH]c3cccc(C(C)(C)C)c34)nc3c(-c4ccc5c6cc7c(cc6n(-c6cc(C(F)(F)F)ccn6)c5c4)oc4ccccc47)cccc32)c1. The number of rotatable bonds is 4. The van der Waals surface area contributed by atoms with E-state index in [1.807, 2.05) is 34.9 Å². The Labute approximate surface area is 377 Å². The largest absolute Gasteiger partial charge is 0.456 e. The number of imidazole rings is 1. The molecule has 66 heavy (non-hydrogen) atoms. The van der Waals surface area contributed by atoms with E-state index in [1.165, 1.54) is 22.7 Å². The van der Waals surface area contributed by atoms with Crippen molar-refractivity contribution < 1.29 is 17.6 Å². The fourth-order valence-electron chi connectivity index (χ4n) is 10.0. The van der Waals surface area contributed by atoms with Crippen molar-refractivity contribution in [1.29, 1.82) is 0 Å². The summed E-state index contributed by atoms with van der Waals surface area (Å²) >= 11 is 0. The minimum atomic E-state index is -4.56. The zero-order chi connectivity index (χ0) is 45.4. The third-order valence-corrected chi connectivity index (χ3v) is 13.2. The Kier molecular flexibility index (Phi) is 8.42. The minimum absolute atomic E-state index is 0.0800. The first-order valence-corrected chi connectivity index (χ1v) is 22.2. The first kappa shape index (κ1) is 39.9. The van der Waals surface area contributed by atoms with Crippen molar-refractivity contribution in [2.24, 2.45) is 0 Å². The molecule has 0 saturated heterocycles. The number of hydrogen-bond donors (Lipinski definition) is 1. The van der Waals surface area contributed by atoms with E-state index in [1.54, 1.807) is 0 Å². The quantitative estimate of drug-likeness (QED) is 0.192. The average Bonchev–Trinajstić information content (AvgIpc) is 4.06. The second-order valence-electron chi connectivity index (χ2n) is 19.5. The monoisotopic (exact) mass is 871 g/mol. The molecule has 6 nitrogen and oxygen atoms in total. The van der Waals surface area contributed by atoms with Crippen LogP contribution in [0.15, 0.2) is 156 Å². The van der Waals surface area contributed by atoms with Crippen LogP contribution in [0.4, 0.5) is 13.2 Å². The van der Waals surface area contributed by atoms with Crippen molar-refractivity contribution in [3.8, 4) is 34.0 Å². The molecule has 12 aromatic rings. The van der Waals surface area contributed by atoms with Crippen LogP contribution in [0, 0.1) is 0 Å². The van der Waals surface area contributed by atoms with Crippen LogP contribution in [0.5, 0.6) is 0 Å². The molecule has 0 fully saturated rings. The first-order valence-electron chi connectivity index (χ1n) is 22.2. The van der Waals surface area contributed by atoms with Crippen LogP contribution < -0.4 is 0 Å². The van der Waals surface area contributed by atoms with Gasteiger partial charge in [-0.1, -0.05) is 120 Å². The topological polar surface area (TPSA) is 64.6 Å². The Bertz CT molecular complexity index is 3960. The molecular formula is C57H44F3N5O. The van der Waals surface area contributed by atoms with Crippen molar-refractivity contribution in [3.05, 3.63) is 168 Å². The van der Waals surface area contributed by atoms with Gasteiger partial charge in [0.15, 0.2) is 0 Å². The van der Waals surface area contributed by atoms with Crippen LogP contribution in [0.2, 0.25) is 0 Å². The van der Waals surface area contributed by atoms with Crippen molar-refractivity contribution in [2.45, 2.75) is 58.5 Å². The molecule has 12 rings (SSSR count). The van der Waals surface area contributed by atoms with Crippen LogP contribution in [0.25, 0.3) is 111 Å². The number of pyridine rings is 1. The fourth-order valence-corrected chi connectivity index (χ4v) is 10.0. The van der Waals surface area contributed by atoms with Gasteiger partial charge in [0.2, 0.25) is 0 Å². The molecule has 0 aliphatic carbocycles. The lowest BCUT2D eigenvalue weighted by Crippen LogP contribution is -2.11. The standard InChI is InChI=1S/C57H44F3N5O/c1-55(2,3)33-13-9-14-35(28-33)64-45-21-11-16-36(53(45)63-54(64)40-18-10-17-39-51-43(56(4,5)6)19-12-20-44(51)62-52(39)40)32-23-24-37-41-30-42-38-15-7-8-22-48(38)66-49(42)31-47(41)65(46(37)27-32)50-29-34(25-26-61-50)57(58,59)60/h7-31,62H,1-6H3. The van der Waals surface area contributed by atoms with Gasteiger partial charge in [-0.25, -0.2) is 9.97 Å². The highest BCUT2D eigenvalue weighted by molar-refractivity contribution is 6.18. The number of aromatic amines is 1. The van der Waals surface area contributed by atoms with Gasteiger partial charge in [0, 0.05) is 66.9 Å². The molecule has 324 valence electrons. The van der Waals surface area contributed by atoms with Gasteiger partial charge in [0.1, 0.15) is 22.8 Å². The molecular weight excluding hydrogens is 828 g/mol. The Hall–Kier alpha value is -7.65. The second-order valence-corrected chi connectivity index (χ2v) is 19.5. The Balaban J connectivity index is 1.14. The summed E-state index contributed by atoms with van der Waals surface area (Å²) in [5.41, 5.74) is 11.8. The fraction of sp³-hybridized carbons (Fsp3) is 0.158. The van der Waals surface area contributed by atoms with Gasteiger partial charge < -0.3 is 9.40 Å². The molecule has 9 heteroatoms. The number of para-hydroxylation sites is 3. The van der Waals surface area contributed by atoms with Crippen molar-refractivity contribution in [3.63, 3.8) is 0 Å². The molecule has 0 bridgehead atoms. The molecule has 5 aromatic heterocycles. The highest BCUT2D eigenvalue weighted by Crippen LogP contribution is 2.44. The maximum Gasteiger partial charge on any atom is 0.416 e. The Morgan fingerprint density at radius 3 is 2.12 bits per heavy atom. The molecule has 0 unspecified atom stereocenters. The Morgan fingerprint density at radius 1 is 0.545 bits per heavy atom. The molecule has 0 spiro atoms. The van der Waals surface area contributed by atoms with Crippen molar-refractivity contribution in [1.82, 2.24) is 24.1 Å². The number of benzene rings is 7. The van der Waals surface area contributed by atoms with Gasteiger partial charge in [0.25, 0.3) is 0 Å². The lowest BCUT2D eigenvalue weighted by molar-refractivity contribution is -0.137. The van der Waals surface area contributed by atoms with E-state index in [2.05, 4.69) is 159 Å². The summed E-state index contributed by atoms with van der Waals surface area (Å²) in [5, 5.41) is 5.98. The highest BCUT2D eigenvalue weighted by Gasteiger charge is 2.32. The molecule has 7 aromatic carbocycles. The third kappa shape index (κ3) is 6.09. The Morgan fingerprint density at radius 2 is 1.30 bits per heavy atom. The van der Waals surface area contributed by atoms with E-state index in [0.717, 1.165) is 94.9 Å². The van der Waals surface area contributed by atoms with E-state index < -0.39 is 11.7 Å². The van der Waals surface area contributed by atoms with Gasteiger partial charge in [-0.2, -0.15) is 13.2 Å². The van der Waals surface area contributed by atoms with Crippen molar-refractivity contribution >= 4 is 76.6 Å². The lowest BCUT2D eigenvalue weighted by Gasteiger charge is -2.21. The minimum Gasteiger partial charge on any atom is -0.456 e. The molecule has 0 saturated carbocycles. The summed E-state index contributed by atoms with van der Waals surface area (Å²) in [6, 6.07) is 48.0. The molecule has 0 aliphatic rings. The summed E-state index contributed by atoms with van der Waals surface area (Å²) in [4.78, 5) is 14.0. The molecule has 1 N–H and O–H groups in total. The number of nitrogens with zero attached hydrogens (tertiary/aromatic N) is 4. The van der Waals surface area contributed by atoms with E-state index in [4.69, 9.17) is 9.40 Å². The predicted octanol–water partition coefficient (Wildman–Crippen LogP) is 16.0. The summed E-state index contributed by atoms with van der Waals surface area (Å²) in [6.45, 7) is 13.4. The average molecular weight is 872 g/mol. The molecule has 0 radical (unpaired) electrons. The van der Waals surface area contributed by atoms with Crippen LogP contribution in [0.3, 0.4) is 0 Å². The maximum absolute atomic E-state index is 14.3. The number of nitrogens with one attached hydrogen (secondary N) is 1. The molecule has 5 heterocycles. The van der Waals surface area contributed by atoms with Crippen LogP contribution in [-0.4, -0.2) is 24.1 Å². The normalized spacial score (nSPS) is 12.9. The van der Waals surface area contributed by atoms with E-state index in [9.17, 15) is 13.2 Å². The first-order chi connectivity index (χ1) is 31.6. The van der Waals surface area contributed by atoms with Gasteiger partial charge in [-0.05, 0) is 88.2 Å². The lowest BCUT2D eigenvalue weighted by atomic mass is 9.84. The zero-order valence-corrected chi connectivity index (χ0v) is 37.3. The number of fused-ring (bicyclic) bond motifs is 10. The highest BCUT2D eigenvalue weighted by atomic mass is 19.4. The molecule has 0 amide bonds. The van der Waals surface area contributed by atoms with Gasteiger partial charge in [-0.3, -0.25) is 9.13 Å². The smallest absolute Gasteiger partial charge is 0.416 e. The van der Waals surface area contributed by atoms with E-state index in [0.29, 0.717) is 16.6 Å². The number of H-pyrrole nitrogens is 1. The van der Waals surface area contributed by atoms with Crippen LogP contribution in [0.1, 0.15) is 58.2 Å². The van der Waals surface area contributed by atoms with Crippen LogP contribution in [-0.2, 0) is 17.0 Å². The molecule has 0 aliphatic heterocycles. The number of aromatic nitrogens is 5. The summed E-state index contributed by atoms with van der Waals surface area (Å²) < 4.78 is 53.3. The molecule has 0 atom stereocenters. The second kappa shape index (κ2) is 13.9.